The number of aryl methyl sites for hydroxylation is 1. The van der Waals surface area contributed by atoms with Crippen LogP contribution in [0.1, 0.15) is 30.9 Å². The maximum Gasteiger partial charge on any atom is 0.339 e. The molecule has 31 heavy (non-hydrogen) atoms. The molecule has 2 aromatic carbocycles. The third-order valence-corrected chi connectivity index (χ3v) is 5.33. The lowest BCUT2D eigenvalue weighted by atomic mass is 9.93. The molecule has 0 saturated heterocycles. The fraction of sp³-hybridized carbons (Fsp3) is 0.385. The average molecular weight is 421 g/mol. The quantitative estimate of drug-likeness (QED) is 0.465. The second-order valence-electron chi connectivity index (χ2n) is 7.86. The smallest absolute Gasteiger partial charge is 0.339 e. The van der Waals surface area contributed by atoms with Crippen molar-refractivity contribution in [3.8, 4) is 16.9 Å². The number of methoxy groups -OCH3 is 1. The van der Waals surface area contributed by atoms with Crippen molar-refractivity contribution in [3.63, 3.8) is 0 Å². The molecule has 0 radical (unpaired) electrons. The molecule has 0 atom stereocenters. The number of carbonyl (C=O) groups excluding carboxylic acids is 1. The van der Waals surface area contributed by atoms with E-state index < -0.39 is 0 Å². The van der Waals surface area contributed by atoms with Crippen molar-refractivity contribution < 1.29 is 14.3 Å². The van der Waals surface area contributed by atoms with Gasteiger partial charge in [0.1, 0.15) is 5.75 Å². The molecule has 0 unspecified atom stereocenters. The van der Waals surface area contributed by atoms with E-state index >= 15 is 0 Å². The molecule has 3 rings (SSSR count). The van der Waals surface area contributed by atoms with E-state index in [4.69, 9.17) is 14.5 Å². The van der Waals surface area contributed by atoms with Crippen LogP contribution in [0.4, 0.5) is 0 Å². The molecule has 5 nitrogen and oxygen atoms in total. The summed E-state index contributed by atoms with van der Waals surface area (Å²) in [6.07, 6.45) is 4.58. The predicted octanol–water partition coefficient (Wildman–Crippen LogP) is 4.54. The summed E-state index contributed by atoms with van der Waals surface area (Å²) in [6.45, 7) is 3.80. The van der Waals surface area contributed by atoms with E-state index in [1.807, 2.05) is 37.3 Å². The average Bonchev–Trinajstić information content (AvgIpc) is 2.96. The summed E-state index contributed by atoms with van der Waals surface area (Å²) in [5, 5.41) is 0. The number of benzene rings is 2. The van der Waals surface area contributed by atoms with Crippen molar-refractivity contribution in [2.24, 2.45) is 4.99 Å². The summed E-state index contributed by atoms with van der Waals surface area (Å²) < 4.78 is 10.6. The predicted molar refractivity (Wildman–Crippen MR) is 126 cm³/mol. The number of nitrogens with zero attached hydrogens (tertiary/aromatic N) is 2. The summed E-state index contributed by atoms with van der Waals surface area (Å²) in [5.41, 5.74) is 5.75. The van der Waals surface area contributed by atoms with Crippen molar-refractivity contribution in [1.82, 2.24) is 4.90 Å². The van der Waals surface area contributed by atoms with Crippen LogP contribution in [0, 0.1) is 0 Å². The number of fused-ring (bicyclic) bond motifs is 1. The number of esters is 1. The fourth-order valence-corrected chi connectivity index (χ4v) is 3.73. The first kappa shape index (κ1) is 22.8. The Morgan fingerprint density at radius 2 is 1.84 bits per heavy atom. The van der Waals surface area contributed by atoms with E-state index in [1.165, 1.54) is 5.56 Å². The van der Waals surface area contributed by atoms with Gasteiger partial charge in [-0.2, -0.15) is 0 Å². The Morgan fingerprint density at radius 1 is 1.10 bits per heavy atom. The van der Waals surface area contributed by atoms with Gasteiger partial charge in [-0.15, -0.1) is 0 Å². The Labute approximate surface area is 185 Å². The Balaban J connectivity index is 2.01. The number of carbonyl (C=O) groups is 1. The summed E-state index contributed by atoms with van der Waals surface area (Å²) in [6, 6.07) is 14.5. The lowest BCUT2D eigenvalue weighted by Crippen LogP contribution is -2.19. The molecule has 0 amide bonds. The van der Waals surface area contributed by atoms with E-state index in [1.54, 1.807) is 7.11 Å². The van der Waals surface area contributed by atoms with Gasteiger partial charge in [-0.1, -0.05) is 30.3 Å². The highest BCUT2D eigenvalue weighted by Crippen LogP contribution is 2.29. The van der Waals surface area contributed by atoms with E-state index in [0.29, 0.717) is 18.7 Å². The van der Waals surface area contributed by atoms with Gasteiger partial charge < -0.3 is 14.4 Å². The zero-order valence-corrected chi connectivity index (χ0v) is 19.0. The van der Waals surface area contributed by atoms with Crippen LogP contribution in [0.15, 0.2) is 59.1 Å². The molecule has 0 heterocycles. The molecule has 1 aliphatic rings. The van der Waals surface area contributed by atoms with Crippen molar-refractivity contribution in [2.75, 3.05) is 40.9 Å². The zero-order chi connectivity index (χ0) is 22.2. The highest BCUT2D eigenvalue weighted by molar-refractivity contribution is 6.27. The van der Waals surface area contributed by atoms with Crippen LogP contribution in [-0.4, -0.2) is 57.5 Å². The summed E-state index contributed by atoms with van der Waals surface area (Å²) >= 11 is 0. The highest BCUT2D eigenvalue weighted by atomic mass is 16.5. The van der Waals surface area contributed by atoms with Crippen molar-refractivity contribution in [3.05, 3.63) is 65.2 Å². The van der Waals surface area contributed by atoms with Gasteiger partial charge >= 0.3 is 5.97 Å². The summed E-state index contributed by atoms with van der Waals surface area (Å²) in [7, 11) is 5.78. The minimum Gasteiger partial charge on any atom is -0.497 e. The lowest BCUT2D eigenvalue weighted by molar-refractivity contribution is -0.137. The van der Waals surface area contributed by atoms with Crippen molar-refractivity contribution >= 4 is 11.7 Å². The van der Waals surface area contributed by atoms with Gasteiger partial charge in [0.25, 0.3) is 0 Å². The van der Waals surface area contributed by atoms with Gasteiger partial charge in [0.15, 0.2) is 0 Å². The van der Waals surface area contributed by atoms with Gasteiger partial charge in [0.05, 0.1) is 25.0 Å². The summed E-state index contributed by atoms with van der Waals surface area (Å²) in [4.78, 5) is 19.8. The van der Waals surface area contributed by atoms with Crippen LogP contribution >= 0.6 is 0 Å². The molecule has 0 N–H and O–H groups in total. The fourth-order valence-electron chi connectivity index (χ4n) is 3.73. The summed E-state index contributed by atoms with van der Waals surface area (Å²) in [5.74, 6) is 0.533. The van der Waals surface area contributed by atoms with Crippen LogP contribution in [0.25, 0.3) is 11.1 Å². The Kier molecular flexibility index (Phi) is 8.01. The van der Waals surface area contributed by atoms with E-state index in [9.17, 15) is 4.79 Å². The molecule has 164 valence electrons. The van der Waals surface area contributed by atoms with Gasteiger partial charge in [-0.05, 0) is 81.7 Å². The van der Waals surface area contributed by atoms with Crippen molar-refractivity contribution in [2.45, 2.75) is 26.2 Å². The van der Waals surface area contributed by atoms with Crippen molar-refractivity contribution in [1.29, 1.82) is 0 Å². The zero-order valence-electron chi connectivity index (χ0n) is 19.0. The Morgan fingerprint density at radius 3 is 2.52 bits per heavy atom. The molecular formula is C26H32N2O3. The number of hydrogen-bond acceptors (Lipinski definition) is 5. The van der Waals surface area contributed by atoms with E-state index in [2.05, 4.69) is 37.2 Å². The number of ether oxygens (including phenoxy) is 2. The van der Waals surface area contributed by atoms with Gasteiger partial charge in [-0.3, -0.25) is 4.99 Å². The number of aliphatic imine (C=N–C) groups is 1. The van der Waals surface area contributed by atoms with Gasteiger partial charge in [0, 0.05) is 12.1 Å². The number of hydrogen-bond donors (Lipinski definition) is 0. The van der Waals surface area contributed by atoms with Gasteiger partial charge in [-0.25, -0.2) is 4.79 Å². The van der Waals surface area contributed by atoms with Crippen LogP contribution in [0.2, 0.25) is 0 Å². The molecule has 0 aliphatic heterocycles. The van der Waals surface area contributed by atoms with E-state index in [0.717, 1.165) is 54.0 Å². The second kappa shape index (κ2) is 10.9. The maximum absolute atomic E-state index is 12.7. The monoisotopic (exact) mass is 420 g/mol. The minimum atomic E-state index is -0.295. The molecule has 1 aliphatic carbocycles. The number of rotatable bonds is 8. The largest absolute Gasteiger partial charge is 0.497 e. The Hall–Kier alpha value is -2.92. The first-order valence-electron chi connectivity index (χ1n) is 10.9. The Bertz CT molecular complexity index is 959. The van der Waals surface area contributed by atoms with Crippen LogP contribution in [0.5, 0.6) is 5.75 Å². The van der Waals surface area contributed by atoms with Crippen LogP contribution in [0.3, 0.4) is 0 Å². The van der Waals surface area contributed by atoms with E-state index in [-0.39, 0.29) is 5.97 Å². The second-order valence-corrected chi connectivity index (χ2v) is 7.86. The third-order valence-electron chi connectivity index (χ3n) is 5.33. The molecule has 0 spiro atoms. The molecule has 2 aromatic rings. The molecule has 0 fully saturated rings. The SMILES string of the molecule is CCOC(=O)C1=CCCc2ccc(-c3ccc(OC)cc3)cc2C1=NCCCN(C)C. The molecule has 0 aromatic heterocycles. The van der Waals surface area contributed by atoms with Gasteiger partial charge in [0.2, 0.25) is 0 Å². The van der Waals surface area contributed by atoms with Crippen LogP contribution < -0.4 is 4.74 Å². The molecular weight excluding hydrogens is 388 g/mol. The maximum atomic E-state index is 12.7. The topological polar surface area (TPSA) is 51.1 Å². The third kappa shape index (κ3) is 5.82. The minimum absolute atomic E-state index is 0.295. The highest BCUT2D eigenvalue weighted by Gasteiger charge is 2.24. The number of allylic oxidation sites excluding steroid dienone is 1. The standard InChI is InChI=1S/C26H32N2O3/c1-5-31-26(29)23-9-6-8-20-10-11-21(19-12-14-22(30-4)15-13-19)18-24(20)25(23)27-16-7-17-28(2)3/h9-15,18H,5-8,16-17H2,1-4H3. The first-order valence-corrected chi connectivity index (χ1v) is 10.9. The molecule has 0 bridgehead atoms. The van der Waals surface area contributed by atoms with Crippen LogP contribution in [-0.2, 0) is 16.0 Å². The molecule has 5 heteroatoms. The lowest BCUT2D eigenvalue weighted by Gasteiger charge is -2.15. The normalized spacial score (nSPS) is 14.7. The first-order chi connectivity index (χ1) is 15.0. The molecule has 0 saturated carbocycles.